The van der Waals surface area contributed by atoms with E-state index < -0.39 is 6.09 Å². The minimum atomic E-state index is -0.558. The van der Waals surface area contributed by atoms with Crippen molar-refractivity contribution >= 4 is 28.5 Å². The average molecular weight is 311 g/mol. The molecule has 1 saturated carbocycles. The Hall–Kier alpha value is -1.63. The zero-order chi connectivity index (χ0) is 15.1. The van der Waals surface area contributed by atoms with Crippen LogP contribution in [-0.2, 0) is 16.0 Å². The van der Waals surface area contributed by atoms with Crippen molar-refractivity contribution in [1.29, 1.82) is 0 Å². The van der Waals surface area contributed by atoms with Crippen molar-refractivity contribution in [2.45, 2.75) is 38.5 Å². The number of anilines is 1. The normalized spacial score (nSPS) is 15.5. The maximum Gasteiger partial charge on any atom is 0.413 e. The van der Waals surface area contributed by atoms with E-state index in [1.54, 1.807) is 5.38 Å². The second-order valence-corrected chi connectivity index (χ2v) is 6.10. The number of nitrogens with one attached hydrogen (secondary N) is 2. The first-order valence-electron chi connectivity index (χ1n) is 7.23. The van der Waals surface area contributed by atoms with E-state index in [0.717, 1.165) is 6.54 Å². The third-order valence-electron chi connectivity index (χ3n) is 3.60. The van der Waals surface area contributed by atoms with Gasteiger partial charge in [-0.3, -0.25) is 10.1 Å². The third-order valence-corrected chi connectivity index (χ3v) is 4.41. The van der Waals surface area contributed by atoms with Gasteiger partial charge in [-0.2, -0.15) is 0 Å². The van der Waals surface area contributed by atoms with Crippen LogP contribution in [0.2, 0.25) is 0 Å². The first-order valence-corrected chi connectivity index (χ1v) is 8.11. The van der Waals surface area contributed by atoms with Crippen molar-refractivity contribution in [3.8, 4) is 0 Å². The summed E-state index contributed by atoms with van der Waals surface area (Å²) in [4.78, 5) is 27.1. The molecule has 0 aliphatic heterocycles. The van der Waals surface area contributed by atoms with Crippen molar-refractivity contribution in [2.24, 2.45) is 5.92 Å². The van der Waals surface area contributed by atoms with Gasteiger partial charge in [-0.15, -0.1) is 11.3 Å². The molecule has 0 spiro atoms. The number of amides is 2. The van der Waals surface area contributed by atoms with Crippen LogP contribution in [0.25, 0.3) is 0 Å². The summed E-state index contributed by atoms with van der Waals surface area (Å²) in [6, 6.07) is 0. The molecule has 0 saturated heterocycles. The fourth-order valence-corrected chi connectivity index (χ4v) is 3.16. The third kappa shape index (κ3) is 5.34. The van der Waals surface area contributed by atoms with Crippen LogP contribution in [0.4, 0.5) is 9.93 Å². The van der Waals surface area contributed by atoms with Gasteiger partial charge < -0.3 is 10.1 Å². The van der Waals surface area contributed by atoms with Crippen molar-refractivity contribution in [1.82, 2.24) is 10.3 Å². The van der Waals surface area contributed by atoms with Crippen molar-refractivity contribution in [3.63, 3.8) is 0 Å². The quantitative estimate of drug-likeness (QED) is 0.876. The summed E-state index contributed by atoms with van der Waals surface area (Å²) >= 11 is 1.28. The van der Waals surface area contributed by atoms with Crippen LogP contribution in [0.5, 0.6) is 0 Å². The van der Waals surface area contributed by atoms with Gasteiger partial charge in [0, 0.05) is 11.9 Å². The van der Waals surface area contributed by atoms with Crippen LogP contribution < -0.4 is 10.6 Å². The van der Waals surface area contributed by atoms with E-state index in [0.29, 0.717) is 16.7 Å². The molecule has 1 aromatic heterocycles. The molecule has 1 aliphatic carbocycles. The molecule has 1 fully saturated rings. The number of ether oxygens (including phenoxy) is 1. The summed E-state index contributed by atoms with van der Waals surface area (Å²) in [7, 11) is 1.29. The van der Waals surface area contributed by atoms with Crippen molar-refractivity contribution in [2.75, 3.05) is 19.0 Å². The highest BCUT2D eigenvalue weighted by Gasteiger charge is 2.15. The van der Waals surface area contributed by atoms with E-state index in [9.17, 15) is 9.59 Å². The van der Waals surface area contributed by atoms with Gasteiger partial charge in [-0.25, -0.2) is 9.78 Å². The first kappa shape index (κ1) is 15.8. The SMILES string of the molecule is COC(=O)Nc1nc(CC(=O)NCC2CCCCC2)cs1. The molecule has 0 bridgehead atoms. The molecule has 0 unspecified atom stereocenters. The van der Waals surface area contributed by atoms with Gasteiger partial charge in [0.25, 0.3) is 0 Å². The molecule has 21 heavy (non-hydrogen) atoms. The number of carbonyl (C=O) groups excluding carboxylic acids is 2. The predicted molar refractivity (Wildman–Crippen MR) is 81.4 cm³/mol. The van der Waals surface area contributed by atoms with Crippen LogP contribution in [0, 0.1) is 5.92 Å². The number of hydrogen-bond acceptors (Lipinski definition) is 5. The number of rotatable bonds is 5. The molecule has 2 rings (SSSR count). The van der Waals surface area contributed by atoms with Gasteiger partial charge in [0.15, 0.2) is 5.13 Å². The molecule has 1 aromatic rings. The Kier molecular flexibility index (Phi) is 5.98. The molecule has 2 amide bonds. The second kappa shape index (κ2) is 7.97. The molecule has 0 atom stereocenters. The largest absolute Gasteiger partial charge is 0.453 e. The first-order chi connectivity index (χ1) is 10.2. The molecule has 0 aromatic carbocycles. The summed E-state index contributed by atoms with van der Waals surface area (Å²) in [5, 5.41) is 7.67. The minimum absolute atomic E-state index is 0.0181. The molecule has 6 nitrogen and oxygen atoms in total. The molecule has 1 heterocycles. The summed E-state index contributed by atoms with van der Waals surface area (Å²) < 4.78 is 4.49. The number of nitrogens with zero attached hydrogens (tertiary/aromatic N) is 1. The lowest BCUT2D eigenvalue weighted by molar-refractivity contribution is -0.120. The van der Waals surface area contributed by atoms with Gasteiger partial charge in [0.1, 0.15) is 0 Å². The number of methoxy groups -OCH3 is 1. The fraction of sp³-hybridized carbons (Fsp3) is 0.643. The van der Waals surface area contributed by atoms with Crippen LogP contribution in [0.1, 0.15) is 37.8 Å². The molecule has 1 aliphatic rings. The standard InChI is InChI=1S/C14H21N3O3S/c1-20-14(19)17-13-16-11(9-21-13)7-12(18)15-8-10-5-3-2-4-6-10/h9-10H,2-8H2,1H3,(H,15,18)(H,16,17,19). The van der Waals surface area contributed by atoms with E-state index in [1.165, 1.54) is 50.6 Å². The summed E-state index contributed by atoms with van der Waals surface area (Å²) in [6.07, 6.45) is 5.97. The minimum Gasteiger partial charge on any atom is -0.453 e. The molecular weight excluding hydrogens is 290 g/mol. The summed E-state index contributed by atoms with van der Waals surface area (Å²) in [5.74, 6) is 0.602. The fourth-order valence-electron chi connectivity index (χ4n) is 2.46. The Morgan fingerprint density at radius 2 is 2.14 bits per heavy atom. The monoisotopic (exact) mass is 311 g/mol. The zero-order valence-electron chi connectivity index (χ0n) is 12.2. The molecular formula is C14H21N3O3S. The Morgan fingerprint density at radius 1 is 1.38 bits per heavy atom. The van der Waals surface area contributed by atoms with Crippen LogP contribution in [-0.4, -0.2) is 30.6 Å². The van der Waals surface area contributed by atoms with E-state index in [-0.39, 0.29) is 12.3 Å². The number of hydrogen-bond donors (Lipinski definition) is 2. The van der Waals surface area contributed by atoms with Crippen LogP contribution in [0.15, 0.2) is 5.38 Å². The summed E-state index contributed by atoms with van der Waals surface area (Å²) in [6.45, 7) is 0.760. The summed E-state index contributed by atoms with van der Waals surface area (Å²) in [5.41, 5.74) is 0.660. The second-order valence-electron chi connectivity index (χ2n) is 5.25. The Morgan fingerprint density at radius 3 is 2.86 bits per heavy atom. The lowest BCUT2D eigenvalue weighted by atomic mass is 9.89. The van der Waals surface area contributed by atoms with Gasteiger partial charge in [0.05, 0.1) is 19.2 Å². The van der Waals surface area contributed by atoms with Gasteiger partial charge >= 0.3 is 6.09 Å². The highest BCUT2D eigenvalue weighted by molar-refractivity contribution is 7.13. The van der Waals surface area contributed by atoms with E-state index in [1.807, 2.05) is 0 Å². The lowest BCUT2D eigenvalue weighted by Crippen LogP contribution is -2.31. The highest BCUT2D eigenvalue weighted by Crippen LogP contribution is 2.22. The molecule has 2 N–H and O–H groups in total. The van der Waals surface area contributed by atoms with Gasteiger partial charge in [-0.1, -0.05) is 19.3 Å². The lowest BCUT2D eigenvalue weighted by Gasteiger charge is -2.21. The molecule has 116 valence electrons. The van der Waals surface area contributed by atoms with Crippen molar-refractivity contribution < 1.29 is 14.3 Å². The zero-order valence-corrected chi connectivity index (χ0v) is 13.0. The average Bonchev–Trinajstić information content (AvgIpc) is 2.93. The Labute approximate surface area is 128 Å². The van der Waals surface area contributed by atoms with E-state index in [2.05, 4.69) is 20.4 Å². The predicted octanol–water partition coefficient (Wildman–Crippen LogP) is 2.56. The van der Waals surface area contributed by atoms with Crippen molar-refractivity contribution in [3.05, 3.63) is 11.1 Å². The topological polar surface area (TPSA) is 80.3 Å². The smallest absolute Gasteiger partial charge is 0.413 e. The Balaban J connectivity index is 1.73. The van der Waals surface area contributed by atoms with Crippen LogP contribution in [0.3, 0.4) is 0 Å². The maximum atomic E-state index is 11.9. The number of carbonyl (C=O) groups is 2. The molecule has 0 radical (unpaired) electrons. The van der Waals surface area contributed by atoms with Crippen LogP contribution >= 0.6 is 11.3 Å². The van der Waals surface area contributed by atoms with E-state index >= 15 is 0 Å². The maximum absolute atomic E-state index is 11.9. The van der Waals surface area contributed by atoms with Gasteiger partial charge in [0.2, 0.25) is 5.91 Å². The highest BCUT2D eigenvalue weighted by atomic mass is 32.1. The van der Waals surface area contributed by atoms with Gasteiger partial charge in [-0.05, 0) is 18.8 Å². The van der Waals surface area contributed by atoms with E-state index in [4.69, 9.17) is 0 Å². The number of aromatic nitrogens is 1. The molecule has 7 heteroatoms. The number of thiazole rings is 1. The Bertz CT molecular complexity index is 484.